The van der Waals surface area contributed by atoms with E-state index in [1.54, 1.807) is 6.33 Å². The Hall–Kier alpha value is -2.49. The maximum absolute atomic E-state index is 13.6. The van der Waals surface area contributed by atoms with Gasteiger partial charge in [-0.05, 0) is 97.7 Å². The van der Waals surface area contributed by atoms with E-state index in [9.17, 15) is 9.90 Å². The molecule has 3 saturated carbocycles. The van der Waals surface area contributed by atoms with Crippen molar-refractivity contribution in [3.63, 3.8) is 0 Å². The molecule has 12 atom stereocenters. The first-order chi connectivity index (χ1) is 25.6. The Morgan fingerprint density at radius 2 is 1.75 bits per heavy atom. The number of nitrogens with zero attached hydrogens (tertiary/aromatic N) is 4. The van der Waals surface area contributed by atoms with E-state index >= 15 is 0 Å². The average molecular weight is 760 g/mol. The summed E-state index contributed by atoms with van der Waals surface area (Å²) in [5, 5.41) is 16.2. The van der Waals surface area contributed by atoms with E-state index in [1.807, 2.05) is 0 Å². The van der Waals surface area contributed by atoms with Crippen LogP contribution in [-0.2, 0) is 14.3 Å². The van der Waals surface area contributed by atoms with E-state index in [0.717, 1.165) is 50.9 Å². The number of rotatable bonds is 9. The minimum absolute atomic E-state index is 0.00442. The van der Waals surface area contributed by atoms with Crippen LogP contribution in [0.15, 0.2) is 42.5 Å². The SMILES string of the molecule is CCN1C=CC(c2ncnn2[C@@H]2C[C@@]34COC[C@](C)([C@@H]3CC[C@H]3C4=CC[C@@]4(C)[C@H](C(=O)O)[C@@](C)([C@H](C)C(C)C)CC[C@]34C)[C@H]2OC[C@](C)(N)C(C)(C)C)C=C1. The minimum atomic E-state index is -0.618. The van der Waals surface area contributed by atoms with Crippen LogP contribution < -0.4 is 5.73 Å². The number of aromatic nitrogens is 3. The highest BCUT2D eigenvalue weighted by Gasteiger charge is 2.72. The lowest BCUT2D eigenvalue weighted by atomic mass is 9.34. The summed E-state index contributed by atoms with van der Waals surface area (Å²) in [6.45, 7) is 29.8. The summed E-state index contributed by atoms with van der Waals surface area (Å²) in [5.41, 5.74) is 6.56. The molecule has 6 aliphatic rings. The van der Waals surface area contributed by atoms with Crippen molar-refractivity contribution in [2.45, 2.75) is 145 Å². The predicted molar refractivity (Wildman–Crippen MR) is 218 cm³/mol. The van der Waals surface area contributed by atoms with Crippen LogP contribution in [0.2, 0.25) is 0 Å². The molecule has 2 aliphatic heterocycles. The number of aliphatic carboxylic acids is 1. The van der Waals surface area contributed by atoms with Crippen molar-refractivity contribution in [1.82, 2.24) is 19.7 Å². The number of nitrogens with two attached hydrogens (primary N) is 1. The van der Waals surface area contributed by atoms with E-state index in [2.05, 4.69) is 123 Å². The van der Waals surface area contributed by atoms with Gasteiger partial charge in [-0.3, -0.25) is 4.79 Å². The van der Waals surface area contributed by atoms with Gasteiger partial charge in [-0.15, -0.1) is 0 Å². The fourth-order valence-corrected chi connectivity index (χ4v) is 13.3. The topological polar surface area (TPSA) is 116 Å². The lowest BCUT2D eigenvalue weighted by Gasteiger charge is -2.71. The molecular formula is C46H73N5O4. The van der Waals surface area contributed by atoms with Crippen LogP contribution in [0.4, 0.5) is 0 Å². The number of carboxylic acids is 1. The van der Waals surface area contributed by atoms with Gasteiger partial charge < -0.3 is 25.2 Å². The summed E-state index contributed by atoms with van der Waals surface area (Å²) >= 11 is 0. The molecule has 0 radical (unpaired) electrons. The highest BCUT2D eigenvalue weighted by molar-refractivity contribution is 5.73. The van der Waals surface area contributed by atoms with Crippen LogP contribution in [0, 0.1) is 62.1 Å². The molecule has 55 heavy (non-hydrogen) atoms. The monoisotopic (exact) mass is 760 g/mol. The first-order valence-electron chi connectivity index (χ1n) is 21.5. The summed E-state index contributed by atoms with van der Waals surface area (Å²) in [5.74, 6) is 1.28. The van der Waals surface area contributed by atoms with Crippen LogP contribution in [0.3, 0.4) is 0 Å². The number of carboxylic acid groups (broad SMARTS) is 1. The molecule has 1 aromatic rings. The molecule has 0 amide bonds. The van der Waals surface area contributed by atoms with Crippen molar-refractivity contribution in [3.05, 3.63) is 48.4 Å². The fourth-order valence-electron chi connectivity index (χ4n) is 13.3. The zero-order valence-electron chi connectivity index (χ0n) is 36.2. The second-order valence-corrected chi connectivity index (χ2v) is 21.6. The summed E-state index contributed by atoms with van der Waals surface area (Å²) in [4.78, 5) is 20.7. The predicted octanol–water partition coefficient (Wildman–Crippen LogP) is 9.00. The third-order valence-electron chi connectivity index (χ3n) is 17.9. The molecule has 306 valence electrons. The van der Waals surface area contributed by atoms with Crippen LogP contribution in [0.5, 0.6) is 0 Å². The molecule has 9 nitrogen and oxygen atoms in total. The largest absolute Gasteiger partial charge is 0.481 e. The van der Waals surface area contributed by atoms with E-state index in [0.29, 0.717) is 43.5 Å². The summed E-state index contributed by atoms with van der Waals surface area (Å²) in [6.07, 6.45) is 18.6. The molecule has 3 heterocycles. The number of ether oxygens (including phenoxy) is 2. The van der Waals surface area contributed by atoms with Crippen molar-refractivity contribution in [3.8, 4) is 0 Å². The quantitative estimate of drug-likeness (QED) is 0.240. The number of hydrogen-bond donors (Lipinski definition) is 2. The Kier molecular flexibility index (Phi) is 10.0. The van der Waals surface area contributed by atoms with Gasteiger partial charge in [0.15, 0.2) is 0 Å². The van der Waals surface area contributed by atoms with Crippen molar-refractivity contribution in [2.75, 3.05) is 26.4 Å². The Bertz CT molecular complexity index is 1710. The van der Waals surface area contributed by atoms with E-state index in [1.165, 1.54) is 5.57 Å². The standard InChI is InChI=1S/C46H73N5O4/c1-13-50-22-17-31(18-23-50)38-48-28-49-51(38)34-24-46-27-54-25-42(9,37(34)55-26-45(12,47)40(5,6)7)35(46)15-14-32-33(46)16-19-44(11)36(39(52)53)41(8,30(4)29(2)3)20-21-43(32,44)10/h16-18,22-23,28-32,34-37H,13-15,19-21,24-27,47H2,1-12H3,(H,52,53)/t30-,32+,34-,35+,36-,37+,41-,42-,43-,44+,45+,46+/m1/s1. The Balaban J connectivity index is 1.34. The average Bonchev–Trinajstić information content (AvgIpc) is 3.60. The van der Waals surface area contributed by atoms with Crippen molar-refractivity contribution < 1.29 is 19.4 Å². The number of carbonyl (C=O) groups is 1. The Morgan fingerprint density at radius 1 is 1.05 bits per heavy atom. The third-order valence-corrected chi connectivity index (χ3v) is 17.9. The first-order valence-corrected chi connectivity index (χ1v) is 21.5. The molecule has 7 rings (SSSR count). The zero-order chi connectivity index (χ0) is 40.1. The molecule has 4 aliphatic carbocycles. The Labute approximate surface area is 331 Å². The van der Waals surface area contributed by atoms with E-state index in [4.69, 9.17) is 25.3 Å². The van der Waals surface area contributed by atoms with Crippen molar-refractivity contribution in [2.24, 2.45) is 67.8 Å². The van der Waals surface area contributed by atoms with Crippen molar-refractivity contribution in [1.29, 1.82) is 0 Å². The van der Waals surface area contributed by atoms with Crippen LogP contribution in [0.25, 0.3) is 0 Å². The smallest absolute Gasteiger partial charge is 0.307 e. The molecule has 0 unspecified atom stereocenters. The molecule has 1 saturated heterocycles. The summed E-state index contributed by atoms with van der Waals surface area (Å²) in [6, 6.07) is -0.0847. The second-order valence-electron chi connectivity index (χ2n) is 21.6. The summed E-state index contributed by atoms with van der Waals surface area (Å²) < 4.78 is 16.3. The zero-order valence-corrected chi connectivity index (χ0v) is 36.2. The van der Waals surface area contributed by atoms with Crippen LogP contribution >= 0.6 is 0 Å². The molecule has 1 aromatic heterocycles. The number of fused-ring (bicyclic) bond motifs is 3. The van der Waals surface area contributed by atoms with Crippen LogP contribution in [0.1, 0.15) is 139 Å². The molecule has 2 bridgehead atoms. The highest BCUT2D eigenvalue weighted by atomic mass is 16.5. The third kappa shape index (κ3) is 5.88. The number of hydrogen-bond acceptors (Lipinski definition) is 7. The maximum atomic E-state index is 13.6. The van der Waals surface area contributed by atoms with Gasteiger partial charge in [0.25, 0.3) is 0 Å². The van der Waals surface area contributed by atoms with Gasteiger partial charge in [-0.25, -0.2) is 9.67 Å². The molecule has 0 spiro atoms. The number of allylic oxidation sites excluding steroid dienone is 3. The van der Waals surface area contributed by atoms with Gasteiger partial charge in [-0.1, -0.05) is 93.0 Å². The molecule has 3 N–H and O–H groups in total. The molecule has 4 fully saturated rings. The fraction of sp³-hybridized carbons (Fsp3) is 0.804. The van der Waals surface area contributed by atoms with Gasteiger partial charge in [-0.2, -0.15) is 5.10 Å². The molecular weight excluding hydrogens is 687 g/mol. The Morgan fingerprint density at radius 3 is 2.36 bits per heavy atom. The molecule has 0 aromatic carbocycles. The van der Waals surface area contributed by atoms with Gasteiger partial charge in [0.2, 0.25) is 0 Å². The van der Waals surface area contributed by atoms with Gasteiger partial charge in [0.1, 0.15) is 12.2 Å². The van der Waals surface area contributed by atoms with E-state index in [-0.39, 0.29) is 50.6 Å². The van der Waals surface area contributed by atoms with Crippen LogP contribution in [-0.4, -0.2) is 68.7 Å². The minimum Gasteiger partial charge on any atom is -0.481 e. The second kappa shape index (κ2) is 13.5. The van der Waals surface area contributed by atoms with Gasteiger partial charge >= 0.3 is 5.97 Å². The van der Waals surface area contributed by atoms with Crippen molar-refractivity contribution >= 4 is 5.97 Å². The van der Waals surface area contributed by atoms with Gasteiger partial charge in [0.05, 0.1) is 43.8 Å². The summed E-state index contributed by atoms with van der Waals surface area (Å²) in [7, 11) is 0. The van der Waals surface area contributed by atoms with E-state index < -0.39 is 17.4 Å². The first kappa shape index (κ1) is 40.7. The lowest BCUT2D eigenvalue weighted by Crippen LogP contribution is -2.69. The molecule has 9 heteroatoms. The normalized spacial score (nSPS) is 41.9. The lowest BCUT2D eigenvalue weighted by molar-refractivity contribution is -0.253. The van der Waals surface area contributed by atoms with Gasteiger partial charge in [0, 0.05) is 35.3 Å². The maximum Gasteiger partial charge on any atom is 0.307 e. The highest BCUT2D eigenvalue weighted by Crippen LogP contribution is 2.75.